The maximum Gasteiger partial charge on any atom is 0.335 e. The van der Waals surface area contributed by atoms with E-state index in [1.165, 1.54) is 19.2 Å². The van der Waals surface area contributed by atoms with Crippen molar-refractivity contribution in [2.45, 2.75) is 0 Å². The molecule has 0 atom stereocenters. The Morgan fingerprint density at radius 1 is 1.67 bits per heavy atom. The van der Waals surface area contributed by atoms with Crippen LogP contribution in [0.3, 0.4) is 0 Å². The third-order valence-electron chi connectivity index (χ3n) is 1.23. The first-order chi connectivity index (χ1) is 5.63. The van der Waals surface area contributed by atoms with Gasteiger partial charge in [0.1, 0.15) is 3.70 Å². The predicted molar refractivity (Wildman–Crippen MR) is 50.5 cm³/mol. The van der Waals surface area contributed by atoms with Crippen LogP contribution in [0.4, 0.5) is 0 Å². The van der Waals surface area contributed by atoms with Gasteiger partial charge in [0.2, 0.25) is 5.88 Å². The standard InChI is InChI=1S/C7H6INO3/c1-12-6-3-4(7(10)11)2-5(8)9-6/h2-3H,1H3,(H,10,11). The van der Waals surface area contributed by atoms with Gasteiger partial charge in [0.15, 0.2) is 0 Å². The number of aromatic carboxylic acids is 1. The molecular formula is C7H6INO3. The summed E-state index contributed by atoms with van der Waals surface area (Å²) in [6.07, 6.45) is 0. The molecule has 12 heavy (non-hydrogen) atoms. The quantitative estimate of drug-likeness (QED) is 0.656. The number of carboxylic acids is 1. The first-order valence-corrected chi connectivity index (χ1v) is 4.16. The third kappa shape index (κ3) is 2.07. The summed E-state index contributed by atoms with van der Waals surface area (Å²) in [6, 6.07) is 2.86. The number of hydrogen-bond donors (Lipinski definition) is 1. The van der Waals surface area contributed by atoms with Gasteiger partial charge < -0.3 is 9.84 Å². The summed E-state index contributed by atoms with van der Waals surface area (Å²) in [7, 11) is 1.45. The number of nitrogens with zero attached hydrogens (tertiary/aromatic N) is 1. The molecular weight excluding hydrogens is 273 g/mol. The zero-order valence-electron chi connectivity index (χ0n) is 6.24. The van der Waals surface area contributed by atoms with Crippen molar-refractivity contribution in [3.8, 4) is 5.88 Å². The van der Waals surface area contributed by atoms with E-state index in [0.29, 0.717) is 9.58 Å². The van der Waals surface area contributed by atoms with E-state index in [1.54, 1.807) is 0 Å². The monoisotopic (exact) mass is 279 g/mol. The lowest BCUT2D eigenvalue weighted by Gasteiger charge is -2.00. The summed E-state index contributed by atoms with van der Waals surface area (Å²) in [5.74, 6) is -0.659. The summed E-state index contributed by atoms with van der Waals surface area (Å²) in [5, 5.41) is 8.64. The zero-order valence-corrected chi connectivity index (χ0v) is 8.40. The Morgan fingerprint density at radius 3 is 2.83 bits per heavy atom. The smallest absolute Gasteiger partial charge is 0.335 e. The molecule has 1 aromatic heterocycles. The molecule has 1 aromatic rings. The van der Waals surface area contributed by atoms with Crippen molar-refractivity contribution in [1.82, 2.24) is 4.98 Å². The van der Waals surface area contributed by atoms with Crippen LogP contribution in [0.5, 0.6) is 5.88 Å². The number of pyridine rings is 1. The van der Waals surface area contributed by atoms with Gasteiger partial charge in [-0.2, -0.15) is 0 Å². The lowest BCUT2D eigenvalue weighted by molar-refractivity contribution is 0.0696. The van der Waals surface area contributed by atoms with Gasteiger partial charge in [0.05, 0.1) is 12.7 Å². The first-order valence-electron chi connectivity index (χ1n) is 3.08. The van der Waals surface area contributed by atoms with Gasteiger partial charge >= 0.3 is 5.97 Å². The normalized spacial score (nSPS) is 9.50. The molecule has 1 N–H and O–H groups in total. The molecule has 0 spiro atoms. The number of halogens is 1. The fraction of sp³-hybridized carbons (Fsp3) is 0.143. The maximum absolute atomic E-state index is 10.5. The number of ether oxygens (including phenoxy) is 1. The molecule has 0 saturated heterocycles. The highest BCUT2D eigenvalue weighted by atomic mass is 127. The molecule has 0 saturated carbocycles. The van der Waals surface area contributed by atoms with Crippen LogP contribution >= 0.6 is 22.6 Å². The largest absolute Gasteiger partial charge is 0.481 e. The summed E-state index contributed by atoms with van der Waals surface area (Å²) in [5.41, 5.74) is 0.186. The molecule has 0 aliphatic heterocycles. The van der Waals surface area contributed by atoms with E-state index in [2.05, 4.69) is 4.98 Å². The molecule has 1 heterocycles. The summed E-state index contributed by atoms with van der Waals surface area (Å²) in [6.45, 7) is 0. The van der Waals surface area contributed by atoms with Gasteiger partial charge in [0, 0.05) is 6.07 Å². The highest BCUT2D eigenvalue weighted by molar-refractivity contribution is 14.1. The molecule has 0 bridgehead atoms. The van der Waals surface area contributed by atoms with E-state index in [0.717, 1.165) is 0 Å². The minimum absolute atomic E-state index is 0.186. The minimum atomic E-state index is -0.978. The molecule has 0 aliphatic rings. The molecule has 0 fully saturated rings. The Hall–Kier alpha value is -0.850. The summed E-state index contributed by atoms with van der Waals surface area (Å²) < 4.78 is 5.41. The van der Waals surface area contributed by atoms with Crippen LogP contribution in [-0.2, 0) is 0 Å². The van der Waals surface area contributed by atoms with Crippen molar-refractivity contribution >= 4 is 28.6 Å². The molecule has 5 heteroatoms. The van der Waals surface area contributed by atoms with Gasteiger partial charge in [-0.15, -0.1) is 0 Å². The lowest BCUT2D eigenvalue weighted by Crippen LogP contribution is -1.99. The summed E-state index contributed by atoms with van der Waals surface area (Å²) >= 11 is 1.93. The number of carboxylic acid groups (broad SMARTS) is 1. The SMILES string of the molecule is COc1cc(C(=O)O)cc(I)n1. The Morgan fingerprint density at radius 2 is 2.33 bits per heavy atom. The van der Waals surface area contributed by atoms with Crippen LogP contribution in [0.15, 0.2) is 12.1 Å². The number of methoxy groups -OCH3 is 1. The van der Waals surface area contributed by atoms with Crippen molar-refractivity contribution in [3.63, 3.8) is 0 Å². The summed E-state index contributed by atoms with van der Waals surface area (Å²) in [4.78, 5) is 14.5. The van der Waals surface area contributed by atoms with Crippen LogP contribution in [0.1, 0.15) is 10.4 Å². The van der Waals surface area contributed by atoms with E-state index in [-0.39, 0.29) is 5.56 Å². The Bertz CT molecular complexity index is 314. The second-order valence-electron chi connectivity index (χ2n) is 2.03. The molecule has 0 radical (unpaired) electrons. The van der Waals surface area contributed by atoms with Crippen LogP contribution in [0.2, 0.25) is 0 Å². The van der Waals surface area contributed by atoms with Gasteiger partial charge in [-0.1, -0.05) is 0 Å². The fourth-order valence-corrected chi connectivity index (χ4v) is 1.27. The van der Waals surface area contributed by atoms with Gasteiger partial charge in [-0.05, 0) is 28.7 Å². The van der Waals surface area contributed by atoms with Gasteiger partial charge in [-0.3, -0.25) is 0 Å². The fourth-order valence-electron chi connectivity index (χ4n) is 0.701. The van der Waals surface area contributed by atoms with E-state index in [1.807, 2.05) is 22.6 Å². The number of rotatable bonds is 2. The van der Waals surface area contributed by atoms with Crippen molar-refractivity contribution < 1.29 is 14.6 Å². The second-order valence-corrected chi connectivity index (χ2v) is 3.13. The third-order valence-corrected chi connectivity index (χ3v) is 1.78. The first kappa shape index (κ1) is 9.24. The van der Waals surface area contributed by atoms with Gasteiger partial charge in [-0.25, -0.2) is 9.78 Å². The van der Waals surface area contributed by atoms with Crippen LogP contribution in [0, 0.1) is 3.70 Å². The maximum atomic E-state index is 10.5. The van der Waals surface area contributed by atoms with Crippen molar-refractivity contribution in [1.29, 1.82) is 0 Å². The molecule has 64 valence electrons. The average molecular weight is 279 g/mol. The van der Waals surface area contributed by atoms with E-state index >= 15 is 0 Å². The highest BCUT2D eigenvalue weighted by Gasteiger charge is 2.06. The zero-order chi connectivity index (χ0) is 9.14. The van der Waals surface area contributed by atoms with Crippen molar-refractivity contribution in [3.05, 3.63) is 21.4 Å². The Balaban J connectivity index is 3.15. The van der Waals surface area contributed by atoms with E-state index in [9.17, 15) is 4.79 Å². The molecule has 0 unspecified atom stereocenters. The second kappa shape index (κ2) is 3.70. The van der Waals surface area contributed by atoms with E-state index < -0.39 is 5.97 Å². The van der Waals surface area contributed by atoms with Gasteiger partial charge in [0.25, 0.3) is 0 Å². The molecule has 0 aromatic carbocycles. The van der Waals surface area contributed by atoms with Crippen molar-refractivity contribution in [2.24, 2.45) is 0 Å². The van der Waals surface area contributed by atoms with Crippen LogP contribution < -0.4 is 4.74 Å². The Labute approximate surface area is 82.7 Å². The average Bonchev–Trinajstić information content (AvgIpc) is 2.03. The molecule has 0 amide bonds. The molecule has 4 nitrogen and oxygen atoms in total. The van der Waals surface area contributed by atoms with Crippen LogP contribution in [-0.4, -0.2) is 23.2 Å². The predicted octanol–water partition coefficient (Wildman–Crippen LogP) is 1.39. The Kier molecular flexibility index (Phi) is 2.85. The number of hydrogen-bond acceptors (Lipinski definition) is 3. The van der Waals surface area contributed by atoms with Crippen LogP contribution in [0.25, 0.3) is 0 Å². The topological polar surface area (TPSA) is 59.4 Å². The van der Waals surface area contributed by atoms with Crippen molar-refractivity contribution in [2.75, 3.05) is 7.11 Å². The molecule has 1 rings (SSSR count). The minimum Gasteiger partial charge on any atom is -0.481 e. The number of aromatic nitrogens is 1. The van der Waals surface area contributed by atoms with E-state index in [4.69, 9.17) is 9.84 Å². The molecule has 0 aliphatic carbocycles. The number of carbonyl (C=O) groups is 1. The lowest BCUT2D eigenvalue weighted by atomic mass is 10.3. The highest BCUT2D eigenvalue weighted by Crippen LogP contribution is 2.13.